The number of nitrogens with one attached hydrogen (secondary N) is 1. The standard InChI is InChI=1S/C22H32N4O/c1-16(2)14-25-9-10-26-21(15-25)12-20(24-26)13-23-22(27)11-18-5-7-19(8-6-18)17(3)4/h5-8,12,16-17H,9-11,13-15H2,1-4H3,(H,23,27). The maximum absolute atomic E-state index is 12.3. The molecule has 5 nitrogen and oxygen atoms in total. The van der Waals surface area contributed by atoms with Crippen molar-refractivity contribution >= 4 is 5.91 Å². The summed E-state index contributed by atoms with van der Waals surface area (Å²) in [7, 11) is 0. The number of aromatic nitrogens is 2. The predicted molar refractivity (Wildman–Crippen MR) is 108 cm³/mol. The zero-order chi connectivity index (χ0) is 19.4. The smallest absolute Gasteiger partial charge is 0.224 e. The van der Waals surface area contributed by atoms with Crippen molar-refractivity contribution in [1.82, 2.24) is 20.0 Å². The minimum Gasteiger partial charge on any atom is -0.350 e. The fourth-order valence-electron chi connectivity index (χ4n) is 3.60. The van der Waals surface area contributed by atoms with E-state index in [0.717, 1.165) is 37.4 Å². The van der Waals surface area contributed by atoms with Crippen molar-refractivity contribution in [2.75, 3.05) is 13.1 Å². The molecular formula is C22H32N4O. The van der Waals surface area contributed by atoms with E-state index in [2.05, 4.69) is 65.9 Å². The second-order valence-electron chi connectivity index (χ2n) is 8.33. The van der Waals surface area contributed by atoms with E-state index in [4.69, 9.17) is 0 Å². The highest BCUT2D eigenvalue weighted by Crippen LogP contribution is 2.16. The van der Waals surface area contributed by atoms with Gasteiger partial charge < -0.3 is 5.32 Å². The van der Waals surface area contributed by atoms with Gasteiger partial charge in [0.15, 0.2) is 0 Å². The molecule has 0 unspecified atom stereocenters. The first-order chi connectivity index (χ1) is 12.9. The summed E-state index contributed by atoms with van der Waals surface area (Å²) in [6.07, 6.45) is 0.411. The highest BCUT2D eigenvalue weighted by atomic mass is 16.1. The fourth-order valence-corrected chi connectivity index (χ4v) is 3.60. The van der Waals surface area contributed by atoms with Gasteiger partial charge in [0.25, 0.3) is 0 Å². The molecule has 2 heterocycles. The monoisotopic (exact) mass is 368 g/mol. The van der Waals surface area contributed by atoms with E-state index in [9.17, 15) is 4.79 Å². The first-order valence-corrected chi connectivity index (χ1v) is 10.0. The van der Waals surface area contributed by atoms with Crippen LogP contribution in [-0.4, -0.2) is 33.7 Å². The maximum atomic E-state index is 12.3. The summed E-state index contributed by atoms with van der Waals surface area (Å²) in [6.45, 7) is 13.4. The Bertz CT molecular complexity index is 761. The van der Waals surface area contributed by atoms with Gasteiger partial charge in [-0.3, -0.25) is 14.4 Å². The summed E-state index contributed by atoms with van der Waals surface area (Å²) < 4.78 is 2.09. The van der Waals surface area contributed by atoms with Crippen LogP contribution in [0.5, 0.6) is 0 Å². The Hall–Kier alpha value is -2.14. The van der Waals surface area contributed by atoms with Gasteiger partial charge in [-0.1, -0.05) is 52.0 Å². The fraction of sp³-hybridized carbons (Fsp3) is 0.545. The SMILES string of the molecule is CC(C)CN1CCn2nc(CNC(=O)Cc3ccc(C(C)C)cc3)cc2C1. The van der Waals surface area contributed by atoms with E-state index in [1.54, 1.807) is 0 Å². The molecule has 0 fully saturated rings. The van der Waals surface area contributed by atoms with Crippen molar-refractivity contribution < 1.29 is 4.79 Å². The van der Waals surface area contributed by atoms with Crippen molar-refractivity contribution in [3.8, 4) is 0 Å². The van der Waals surface area contributed by atoms with Gasteiger partial charge in [-0.05, 0) is 29.0 Å². The summed E-state index contributed by atoms with van der Waals surface area (Å²) in [5.41, 5.74) is 4.54. The number of nitrogens with zero attached hydrogens (tertiary/aromatic N) is 3. The van der Waals surface area contributed by atoms with Gasteiger partial charge >= 0.3 is 0 Å². The molecule has 1 aliphatic rings. The average Bonchev–Trinajstić information content (AvgIpc) is 3.02. The third kappa shape index (κ3) is 5.42. The molecule has 1 aromatic heterocycles. The van der Waals surface area contributed by atoms with Crippen LogP contribution in [0, 0.1) is 5.92 Å². The topological polar surface area (TPSA) is 50.2 Å². The number of carbonyl (C=O) groups excluding carboxylic acids is 1. The zero-order valence-corrected chi connectivity index (χ0v) is 17.0. The quantitative estimate of drug-likeness (QED) is 0.815. The molecule has 0 bridgehead atoms. The summed E-state index contributed by atoms with van der Waals surface area (Å²) >= 11 is 0. The van der Waals surface area contributed by atoms with Gasteiger partial charge in [-0.15, -0.1) is 0 Å². The van der Waals surface area contributed by atoms with Crippen LogP contribution in [0.1, 0.15) is 56.1 Å². The number of hydrogen-bond donors (Lipinski definition) is 1. The second kappa shape index (κ2) is 8.70. The lowest BCUT2D eigenvalue weighted by molar-refractivity contribution is -0.120. The van der Waals surface area contributed by atoms with E-state index < -0.39 is 0 Å². The van der Waals surface area contributed by atoms with Crippen molar-refractivity contribution in [1.29, 1.82) is 0 Å². The number of rotatable bonds is 7. The molecular weight excluding hydrogens is 336 g/mol. The van der Waals surface area contributed by atoms with Gasteiger partial charge in [0, 0.05) is 19.6 Å². The highest BCUT2D eigenvalue weighted by molar-refractivity contribution is 5.78. The molecule has 1 amide bonds. The van der Waals surface area contributed by atoms with Gasteiger partial charge in [0.05, 0.1) is 30.9 Å². The zero-order valence-electron chi connectivity index (χ0n) is 17.0. The van der Waals surface area contributed by atoms with Crippen molar-refractivity contribution in [2.24, 2.45) is 5.92 Å². The number of carbonyl (C=O) groups is 1. The van der Waals surface area contributed by atoms with E-state index in [1.807, 2.05) is 12.1 Å². The van der Waals surface area contributed by atoms with Crippen LogP contribution in [0.2, 0.25) is 0 Å². The van der Waals surface area contributed by atoms with Crippen molar-refractivity contribution in [3.63, 3.8) is 0 Å². The molecule has 2 aromatic rings. The third-order valence-corrected chi connectivity index (χ3v) is 5.03. The Balaban J connectivity index is 1.50. The van der Waals surface area contributed by atoms with Gasteiger partial charge in [0.2, 0.25) is 5.91 Å². The molecule has 1 aliphatic heterocycles. The van der Waals surface area contributed by atoms with Crippen LogP contribution in [0.15, 0.2) is 30.3 Å². The minimum atomic E-state index is 0.0414. The van der Waals surface area contributed by atoms with Crippen LogP contribution in [0.3, 0.4) is 0 Å². The lowest BCUT2D eigenvalue weighted by Gasteiger charge is -2.28. The molecule has 0 spiro atoms. The van der Waals surface area contributed by atoms with Crippen LogP contribution >= 0.6 is 0 Å². The molecule has 0 saturated carbocycles. The molecule has 5 heteroatoms. The summed E-state index contributed by atoms with van der Waals surface area (Å²) in [5.74, 6) is 1.23. The maximum Gasteiger partial charge on any atom is 0.224 e. The number of amides is 1. The summed E-state index contributed by atoms with van der Waals surface area (Å²) in [6, 6.07) is 10.4. The normalized spacial score (nSPS) is 14.6. The second-order valence-corrected chi connectivity index (χ2v) is 8.33. The summed E-state index contributed by atoms with van der Waals surface area (Å²) in [5, 5.41) is 7.66. The Morgan fingerprint density at radius 1 is 1.15 bits per heavy atom. The first-order valence-electron chi connectivity index (χ1n) is 10.0. The van der Waals surface area contributed by atoms with Crippen LogP contribution in [0.4, 0.5) is 0 Å². The Kier molecular flexibility index (Phi) is 6.32. The number of benzene rings is 1. The molecule has 1 N–H and O–H groups in total. The molecule has 146 valence electrons. The van der Waals surface area contributed by atoms with Crippen LogP contribution < -0.4 is 5.32 Å². The third-order valence-electron chi connectivity index (χ3n) is 5.03. The minimum absolute atomic E-state index is 0.0414. The van der Waals surface area contributed by atoms with Gasteiger partial charge in [-0.2, -0.15) is 5.10 Å². The molecule has 27 heavy (non-hydrogen) atoms. The van der Waals surface area contributed by atoms with Crippen molar-refractivity contribution in [3.05, 3.63) is 52.8 Å². The highest BCUT2D eigenvalue weighted by Gasteiger charge is 2.19. The molecule has 0 atom stereocenters. The molecule has 3 rings (SSSR count). The van der Waals surface area contributed by atoms with E-state index in [0.29, 0.717) is 24.8 Å². The molecule has 0 saturated heterocycles. The Morgan fingerprint density at radius 2 is 1.89 bits per heavy atom. The summed E-state index contributed by atoms with van der Waals surface area (Å²) in [4.78, 5) is 14.7. The lowest BCUT2D eigenvalue weighted by Crippen LogP contribution is -2.36. The predicted octanol–water partition coefficient (Wildman–Crippen LogP) is 3.34. The lowest BCUT2D eigenvalue weighted by atomic mass is 10.0. The molecule has 0 radical (unpaired) electrons. The largest absolute Gasteiger partial charge is 0.350 e. The molecule has 0 aliphatic carbocycles. The van der Waals surface area contributed by atoms with Gasteiger partial charge in [0.1, 0.15) is 0 Å². The van der Waals surface area contributed by atoms with E-state index >= 15 is 0 Å². The average molecular weight is 369 g/mol. The number of fused-ring (bicyclic) bond motifs is 1. The Morgan fingerprint density at radius 3 is 2.56 bits per heavy atom. The molecule has 1 aromatic carbocycles. The van der Waals surface area contributed by atoms with Crippen LogP contribution in [-0.2, 0) is 30.8 Å². The van der Waals surface area contributed by atoms with Crippen LogP contribution in [0.25, 0.3) is 0 Å². The van der Waals surface area contributed by atoms with Gasteiger partial charge in [-0.25, -0.2) is 0 Å². The Labute approximate surface area is 162 Å². The van der Waals surface area contributed by atoms with Crippen molar-refractivity contribution in [2.45, 2.75) is 59.7 Å². The number of hydrogen-bond acceptors (Lipinski definition) is 3. The van der Waals surface area contributed by atoms with E-state index in [-0.39, 0.29) is 5.91 Å². The van der Waals surface area contributed by atoms with E-state index in [1.165, 1.54) is 11.3 Å². The first kappa shape index (κ1) is 19.6.